The molecule has 82 valence electrons. The van der Waals surface area contributed by atoms with Gasteiger partial charge in [0.2, 0.25) is 0 Å². The monoisotopic (exact) mass is 208 g/mol. The van der Waals surface area contributed by atoms with E-state index in [1.807, 2.05) is 30.3 Å². The first-order chi connectivity index (χ1) is 7.36. The van der Waals surface area contributed by atoms with Crippen molar-refractivity contribution < 1.29 is 5.11 Å². The van der Waals surface area contributed by atoms with Crippen molar-refractivity contribution in [1.82, 2.24) is 16.4 Å². The predicted molar refractivity (Wildman–Crippen MR) is 60.0 cm³/mol. The molecule has 0 saturated carbocycles. The summed E-state index contributed by atoms with van der Waals surface area (Å²) in [5.41, 5.74) is 9.16. The summed E-state index contributed by atoms with van der Waals surface area (Å²) in [7, 11) is 1.72. The van der Waals surface area contributed by atoms with Gasteiger partial charge in [-0.1, -0.05) is 30.3 Å². The SMILES string of the molecule is CNNNC(CO)=NCc1ccccc1. The Kier molecular flexibility index (Phi) is 5.39. The summed E-state index contributed by atoms with van der Waals surface area (Å²) in [6, 6.07) is 9.86. The number of amidine groups is 1. The summed E-state index contributed by atoms with van der Waals surface area (Å²) in [4.78, 5) is 4.20. The molecule has 0 aliphatic carbocycles. The number of aliphatic imine (C=N–C) groups is 1. The van der Waals surface area contributed by atoms with Gasteiger partial charge in [0.1, 0.15) is 12.4 Å². The van der Waals surface area contributed by atoms with Gasteiger partial charge < -0.3 is 5.11 Å². The number of nitrogens with one attached hydrogen (secondary N) is 3. The molecular weight excluding hydrogens is 192 g/mol. The maximum Gasteiger partial charge on any atom is 0.138 e. The minimum atomic E-state index is -0.123. The molecule has 4 N–H and O–H groups in total. The van der Waals surface area contributed by atoms with Gasteiger partial charge in [0.15, 0.2) is 0 Å². The average Bonchev–Trinajstić information content (AvgIpc) is 2.31. The Labute approximate surface area is 89.2 Å². The molecule has 1 aromatic rings. The molecule has 0 radical (unpaired) electrons. The van der Waals surface area contributed by atoms with Crippen molar-refractivity contribution >= 4 is 5.84 Å². The van der Waals surface area contributed by atoms with E-state index < -0.39 is 0 Å². The highest BCUT2D eigenvalue weighted by molar-refractivity contribution is 5.82. The topological polar surface area (TPSA) is 68.7 Å². The Morgan fingerprint density at radius 1 is 1.33 bits per heavy atom. The number of nitrogens with zero attached hydrogens (tertiary/aromatic N) is 1. The third-order valence-corrected chi connectivity index (χ3v) is 1.78. The maximum atomic E-state index is 8.97. The summed E-state index contributed by atoms with van der Waals surface area (Å²) in [5.74, 6) is 0.494. The van der Waals surface area contributed by atoms with Crippen molar-refractivity contribution in [2.75, 3.05) is 13.7 Å². The Hall–Kier alpha value is -1.43. The number of aliphatic hydroxyl groups is 1. The van der Waals surface area contributed by atoms with E-state index in [9.17, 15) is 0 Å². The van der Waals surface area contributed by atoms with Gasteiger partial charge in [-0.3, -0.25) is 10.4 Å². The Balaban J connectivity index is 2.47. The Bertz CT molecular complexity index is 300. The fourth-order valence-electron chi connectivity index (χ4n) is 1.03. The van der Waals surface area contributed by atoms with Gasteiger partial charge in [0.25, 0.3) is 0 Å². The summed E-state index contributed by atoms with van der Waals surface area (Å²) in [6.07, 6.45) is 0. The van der Waals surface area contributed by atoms with Crippen LogP contribution in [-0.2, 0) is 6.54 Å². The van der Waals surface area contributed by atoms with Crippen molar-refractivity contribution in [1.29, 1.82) is 0 Å². The quantitative estimate of drug-likeness (QED) is 0.307. The van der Waals surface area contributed by atoms with Crippen LogP contribution >= 0.6 is 0 Å². The molecule has 5 heteroatoms. The highest BCUT2D eigenvalue weighted by Crippen LogP contribution is 1.99. The smallest absolute Gasteiger partial charge is 0.138 e. The lowest BCUT2D eigenvalue weighted by Gasteiger charge is -2.07. The lowest BCUT2D eigenvalue weighted by molar-refractivity contribution is 0.347. The highest BCUT2D eigenvalue weighted by Gasteiger charge is 1.94. The first-order valence-electron chi connectivity index (χ1n) is 4.72. The van der Waals surface area contributed by atoms with Crippen LogP contribution in [0.1, 0.15) is 5.56 Å². The van der Waals surface area contributed by atoms with Crippen LogP contribution in [0.5, 0.6) is 0 Å². The molecule has 1 rings (SSSR count). The van der Waals surface area contributed by atoms with Crippen molar-refractivity contribution in [3.63, 3.8) is 0 Å². The van der Waals surface area contributed by atoms with Crippen LogP contribution in [0.25, 0.3) is 0 Å². The van der Waals surface area contributed by atoms with E-state index in [1.54, 1.807) is 7.05 Å². The summed E-state index contributed by atoms with van der Waals surface area (Å²) in [5, 5.41) is 8.97. The number of hydrogen-bond acceptors (Lipinski definition) is 4. The second-order valence-electron chi connectivity index (χ2n) is 2.91. The molecule has 0 aromatic heterocycles. The van der Waals surface area contributed by atoms with E-state index >= 15 is 0 Å². The lowest BCUT2D eigenvalue weighted by Crippen LogP contribution is -2.45. The molecule has 15 heavy (non-hydrogen) atoms. The van der Waals surface area contributed by atoms with Crippen LogP contribution in [-0.4, -0.2) is 24.6 Å². The summed E-state index contributed by atoms with van der Waals surface area (Å²) in [6.45, 7) is 0.427. The van der Waals surface area contributed by atoms with E-state index in [0.29, 0.717) is 12.4 Å². The second kappa shape index (κ2) is 6.94. The van der Waals surface area contributed by atoms with Gasteiger partial charge in [-0.25, -0.2) is 5.43 Å². The first-order valence-corrected chi connectivity index (χ1v) is 4.72. The van der Waals surface area contributed by atoms with Gasteiger partial charge in [0, 0.05) is 7.05 Å². The zero-order valence-corrected chi connectivity index (χ0v) is 8.70. The number of hydrogen-bond donors (Lipinski definition) is 4. The zero-order valence-electron chi connectivity index (χ0n) is 8.70. The maximum absolute atomic E-state index is 8.97. The third-order valence-electron chi connectivity index (χ3n) is 1.78. The molecule has 0 saturated heterocycles. The fourth-order valence-corrected chi connectivity index (χ4v) is 1.03. The molecule has 0 spiro atoms. The van der Waals surface area contributed by atoms with Crippen molar-refractivity contribution in [2.24, 2.45) is 4.99 Å². The molecule has 0 aliphatic rings. The number of hydrazine groups is 2. The van der Waals surface area contributed by atoms with Crippen LogP contribution in [0.15, 0.2) is 35.3 Å². The molecule has 0 bridgehead atoms. The second-order valence-corrected chi connectivity index (χ2v) is 2.91. The normalized spacial score (nSPS) is 11.5. The van der Waals surface area contributed by atoms with Crippen LogP contribution in [0.3, 0.4) is 0 Å². The Morgan fingerprint density at radius 3 is 2.67 bits per heavy atom. The van der Waals surface area contributed by atoms with Gasteiger partial charge >= 0.3 is 0 Å². The van der Waals surface area contributed by atoms with Gasteiger partial charge in [-0.05, 0) is 5.56 Å². The van der Waals surface area contributed by atoms with E-state index in [4.69, 9.17) is 5.11 Å². The van der Waals surface area contributed by atoms with Crippen molar-refractivity contribution in [3.05, 3.63) is 35.9 Å². The largest absolute Gasteiger partial charge is 0.388 e. The van der Waals surface area contributed by atoms with Crippen LogP contribution < -0.4 is 16.4 Å². The Morgan fingerprint density at radius 2 is 2.07 bits per heavy atom. The molecule has 0 heterocycles. The van der Waals surface area contributed by atoms with E-state index in [-0.39, 0.29) is 6.61 Å². The van der Waals surface area contributed by atoms with Gasteiger partial charge in [-0.2, -0.15) is 5.53 Å². The van der Waals surface area contributed by atoms with Crippen molar-refractivity contribution in [3.8, 4) is 0 Å². The summed E-state index contributed by atoms with van der Waals surface area (Å²) < 4.78 is 0. The van der Waals surface area contributed by atoms with Crippen LogP contribution in [0, 0.1) is 0 Å². The third kappa shape index (κ3) is 4.55. The van der Waals surface area contributed by atoms with Crippen LogP contribution in [0.4, 0.5) is 0 Å². The molecule has 1 aromatic carbocycles. The average molecular weight is 208 g/mol. The molecule has 5 nitrogen and oxygen atoms in total. The first kappa shape index (κ1) is 11.6. The highest BCUT2D eigenvalue weighted by atomic mass is 16.3. The minimum Gasteiger partial charge on any atom is -0.388 e. The molecule has 0 aliphatic heterocycles. The number of aliphatic hydroxyl groups excluding tert-OH is 1. The molecule has 0 fully saturated rings. The molecule has 0 unspecified atom stereocenters. The molecular formula is C10H16N4O. The predicted octanol–water partition coefficient (Wildman–Crippen LogP) is -0.194. The van der Waals surface area contributed by atoms with E-state index in [1.165, 1.54) is 0 Å². The van der Waals surface area contributed by atoms with E-state index in [2.05, 4.69) is 21.4 Å². The van der Waals surface area contributed by atoms with E-state index in [0.717, 1.165) is 5.56 Å². The van der Waals surface area contributed by atoms with Gasteiger partial charge in [0.05, 0.1) is 6.54 Å². The standard InChI is InChI=1S/C10H16N4O/c1-11-14-13-10(8-15)12-7-9-5-3-2-4-6-9/h2-6,11,14-15H,7-8H2,1H3,(H,12,13). The molecule has 0 atom stereocenters. The van der Waals surface area contributed by atoms with Gasteiger partial charge in [-0.15, -0.1) is 0 Å². The van der Waals surface area contributed by atoms with Crippen LogP contribution in [0.2, 0.25) is 0 Å². The minimum absolute atomic E-state index is 0.123. The fraction of sp³-hybridized carbons (Fsp3) is 0.300. The zero-order chi connectivity index (χ0) is 10.9. The number of benzene rings is 1. The van der Waals surface area contributed by atoms with Crippen molar-refractivity contribution in [2.45, 2.75) is 6.54 Å². The summed E-state index contributed by atoms with van der Waals surface area (Å²) >= 11 is 0. The number of rotatable bonds is 5. The lowest BCUT2D eigenvalue weighted by atomic mass is 10.2. The molecule has 0 amide bonds.